The van der Waals surface area contributed by atoms with E-state index in [2.05, 4.69) is 52.2 Å². The van der Waals surface area contributed by atoms with Crippen LogP contribution >= 0.6 is 34.2 Å². The van der Waals surface area contributed by atoms with Gasteiger partial charge in [0.25, 0.3) is 5.91 Å². The number of ether oxygens (including phenoxy) is 2. The summed E-state index contributed by atoms with van der Waals surface area (Å²) >= 11 is 8.20. The van der Waals surface area contributed by atoms with E-state index in [4.69, 9.17) is 21.1 Å². The predicted octanol–water partition coefficient (Wildman–Crippen LogP) is 7.54. The van der Waals surface area contributed by atoms with Crippen molar-refractivity contribution in [3.05, 3.63) is 104 Å². The summed E-state index contributed by atoms with van der Waals surface area (Å²) in [5, 5.41) is 15.2. The van der Waals surface area contributed by atoms with Crippen molar-refractivity contribution >= 4 is 62.6 Å². The Kier molecular flexibility index (Phi) is 8.14. The number of nitriles is 1. The Labute approximate surface area is 228 Å². The average molecular weight is 609 g/mol. The molecule has 4 aromatic rings. The molecule has 0 spiro atoms. The molecule has 1 amide bonds. The maximum absolute atomic E-state index is 12.8. The number of nitrogens with one attached hydrogen (secondary N) is 1. The van der Waals surface area contributed by atoms with Crippen molar-refractivity contribution in [3.8, 4) is 17.6 Å². The van der Waals surface area contributed by atoms with E-state index in [0.29, 0.717) is 34.4 Å². The second kappa shape index (κ2) is 11.5. The van der Waals surface area contributed by atoms with Crippen molar-refractivity contribution in [2.45, 2.75) is 13.5 Å². The molecule has 7 heteroatoms. The molecular weight excluding hydrogens is 587 g/mol. The fourth-order valence-electron chi connectivity index (χ4n) is 3.68. The Morgan fingerprint density at radius 2 is 1.86 bits per heavy atom. The number of amides is 1. The molecule has 4 rings (SSSR count). The highest BCUT2D eigenvalue weighted by Gasteiger charge is 2.15. The lowest BCUT2D eigenvalue weighted by molar-refractivity contribution is -0.112. The van der Waals surface area contributed by atoms with Crippen molar-refractivity contribution in [1.29, 1.82) is 5.26 Å². The normalized spacial score (nSPS) is 11.1. The van der Waals surface area contributed by atoms with Gasteiger partial charge in [-0.1, -0.05) is 54.1 Å². The molecule has 0 aliphatic rings. The SMILES string of the molecule is COc1cc(/C=C(\C#N)C(=O)Nc2cc(Cl)ccc2C)cc(I)c1OCc1ccc2ccccc2c1. The zero-order valence-electron chi connectivity index (χ0n) is 19.6. The van der Waals surface area contributed by atoms with Crippen LogP contribution in [0.25, 0.3) is 16.8 Å². The van der Waals surface area contributed by atoms with Gasteiger partial charge in [0.15, 0.2) is 11.5 Å². The molecule has 0 saturated heterocycles. The third kappa shape index (κ3) is 5.99. The molecule has 5 nitrogen and oxygen atoms in total. The van der Waals surface area contributed by atoms with Gasteiger partial charge in [-0.2, -0.15) is 5.26 Å². The highest BCUT2D eigenvalue weighted by Crippen LogP contribution is 2.35. The van der Waals surface area contributed by atoms with Crippen molar-refractivity contribution in [3.63, 3.8) is 0 Å². The Balaban J connectivity index is 1.55. The third-order valence-electron chi connectivity index (χ3n) is 5.57. The van der Waals surface area contributed by atoms with Gasteiger partial charge in [-0.25, -0.2) is 0 Å². The summed E-state index contributed by atoms with van der Waals surface area (Å²) in [6.45, 7) is 2.22. The molecule has 0 aliphatic carbocycles. The number of carbonyl (C=O) groups excluding carboxylic acids is 1. The molecule has 0 bridgehead atoms. The summed E-state index contributed by atoms with van der Waals surface area (Å²) in [5.41, 5.74) is 3.03. The Hall–Kier alpha value is -3.54. The van der Waals surface area contributed by atoms with Crippen LogP contribution in [0.4, 0.5) is 5.69 Å². The number of hydrogen-bond acceptors (Lipinski definition) is 4. The molecule has 1 N–H and O–H groups in total. The number of anilines is 1. The van der Waals surface area contributed by atoms with Gasteiger partial charge < -0.3 is 14.8 Å². The molecular formula is C29H22ClIN2O3. The van der Waals surface area contributed by atoms with E-state index in [-0.39, 0.29) is 5.57 Å². The number of benzene rings is 4. The number of carbonyl (C=O) groups is 1. The minimum atomic E-state index is -0.520. The van der Waals surface area contributed by atoms with Crippen LogP contribution in [-0.2, 0) is 11.4 Å². The topological polar surface area (TPSA) is 71.3 Å². The van der Waals surface area contributed by atoms with Gasteiger partial charge in [0.2, 0.25) is 0 Å². The highest BCUT2D eigenvalue weighted by atomic mass is 127. The van der Waals surface area contributed by atoms with Crippen molar-refractivity contribution in [2.75, 3.05) is 12.4 Å². The number of halogens is 2. The fraction of sp³-hybridized carbons (Fsp3) is 0.103. The minimum Gasteiger partial charge on any atom is -0.493 e. The second-order valence-corrected chi connectivity index (χ2v) is 9.69. The van der Waals surface area contributed by atoms with Crippen molar-refractivity contribution < 1.29 is 14.3 Å². The predicted molar refractivity (Wildman–Crippen MR) is 152 cm³/mol. The van der Waals surface area contributed by atoms with Crippen LogP contribution in [0.2, 0.25) is 5.02 Å². The first kappa shape index (κ1) is 25.5. The molecule has 0 saturated carbocycles. The van der Waals surface area contributed by atoms with Crippen LogP contribution in [0.5, 0.6) is 11.5 Å². The van der Waals surface area contributed by atoms with Crippen LogP contribution in [-0.4, -0.2) is 13.0 Å². The van der Waals surface area contributed by atoms with Crippen LogP contribution in [0.3, 0.4) is 0 Å². The number of rotatable bonds is 7. The molecule has 4 aromatic carbocycles. The quantitative estimate of drug-likeness (QED) is 0.134. The summed E-state index contributed by atoms with van der Waals surface area (Å²) in [6, 6.07) is 25.1. The summed E-state index contributed by atoms with van der Waals surface area (Å²) in [5.74, 6) is 0.590. The lowest BCUT2D eigenvalue weighted by Gasteiger charge is -2.14. The lowest BCUT2D eigenvalue weighted by Crippen LogP contribution is -2.14. The number of fused-ring (bicyclic) bond motifs is 1. The van der Waals surface area contributed by atoms with E-state index in [1.165, 1.54) is 11.5 Å². The van der Waals surface area contributed by atoms with Gasteiger partial charge in [-0.3, -0.25) is 4.79 Å². The minimum absolute atomic E-state index is 0.0444. The van der Waals surface area contributed by atoms with E-state index in [0.717, 1.165) is 20.1 Å². The molecule has 0 aliphatic heterocycles. The maximum atomic E-state index is 12.8. The van der Waals surface area contributed by atoms with Crippen LogP contribution < -0.4 is 14.8 Å². The van der Waals surface area contributed by atoms with Gasteiger partial charge in [0.05, 0.1) is 10.7 Å². The van der Waals surface area contributed by atoms with E-state index >= 15 is 0 Å². The number of hydrogen-bond donors (Lipinski definition) is 1. The number of nitrogens with zero attached hydrogens (tertiary/aromatic N) is 1. The molecule has 180 valence electrons. The van der Waals surface area contributed by atoms with E-state index in [1.54, 1.807) is 31.4 Å². The first-order valence-electron chi connectivity index (χ1n) is 11.0. The molecule has 0 atom stereocenters. The second-order valence-electron chi connectivity index (χ2n) is 8.09. The Bertz CT molecular complexity index is 1530. The zero-order valence-corrected chi connectivity index (χ0v) is 22.6. The number of methoxy groups -OCH3 is 1. The molecule has 36 heavy (non-hydrogen) atoms. The fourth-order valence-corrected chi connectivity index (χ4v) is 4.63. The van der Waals surface area contributed by atoms with Gasteiger partial charge >= 0.3 is 0 Å². The maximum Gasteiger partial charge on any atom is 0.266 e. The zero-order chi connectivity index (χ0) is 25.7. The average Bonchev–Trinajstić information content (AvgIpc) is 2.88. The van der Waals surface area contributed by atoms with Crippen molar-refractivity contribution in [2.24, 2.45) is 0 Å². The summed E-state index contributed by atoms with van der Waals surface area (Å²) in [7, 11) is 1.56. The molecule has 0 radical (unpaired) electrons. The first-order chi connectivity index (χ1) is 17.4. The Morgan fingerprint density at radius 1 is 1.08 bits per heavy atom. The third-order valence-corrected chi connectivity index (χ3v) is 6.61. The van der Waals surface area contributed by atoms with E-state index in [9.17, 15) is 10.1 Å². The lowest BCUT2D eigenvalue weighted by atomic mass is 10.1. The molecule has 0 unspecified atom stereocenters. The summed E-state index contributed by atoms with van der Waals surface area (Å²) in [4.78, 5) is 12.8. The smallest absolute Gasteiger partial charge is 0.266 e. The summed E-state index contributed by atoms with van der Waals surface area (Å²) < 4.78 is 12.5. The number of aryl methyl sites for hydroxylation is 1. The van der Waals surface area contributed by atoms with Gasteiger partial charge in [0.1, 0.15) is 18.2 Å². The van der Waals surface area contributed by atoms with E-state index in [1.807, 2.05) is 37.3 Å². The van der Waals surface area contributed by atoms with Gasteiger partial charge in [-0.05, 0) is 93.4 Å². The monoisotopic (exact) mass is 608 g/mol. The van der Waals surface area contributed by atoms with Gasteiger partial charge in [0, 0.05) is 10.7 Å². The molecule has 0 aromatic heterocycles. The van der Waals surface area contributed by atoms with E-state index < -0.39 is 5.91 Å². The Morgan fingerprint density at radius 3 is 2.61 bits per heavy atom. The van der Waals surface area contributed by atoms with Crippen LogP contribution in [0.1, 0.15) is 16.7 Å². The standard InChI is InChI=1S/C29H22ClIN2O3/c1-18-7-10-24(30)15-26(18)33-29(34)23(16-32)12-20-13-25(31)28(27(14-20)35-2)36-17-19-8-9-21-5-3-4-6-22(21)11-19/h3-15H,17H2,1-2H3,(H,33,34)/b23-12+. The van der Waals surface area contributed by atoms with Crippen molar-refractivity contribution in [1.82, 2.24) is 0 Å². The summed E-state index contributed by atoms with van der Waals surface area (Å²) in [6.07, 6.45) is 1.52. The highest BCUT2D eigenvalue weighted by molar-refractivity contribution is 14.1. The molecule has 0 fully saturated rings. The first-order valence-corrected chi connectivity index (χ1v) is 12.5. The van der Waals surface area contributed by atoms with Gasteiger partial charge in [-0.15, -0.1) is 0 Å². The van der Waals surface area contributed by atoms with Crippen LogP contribution in [0.15, 0.2) is 78.4 Å². The van der Waals surface area contributed by atoms with Crippen LogP contribution in [0, 0.1) is 21.8 Å². The molecule has 0 heterocycles. The largest absolute Gasteiger partial charge is 0.493 e.